The summed E-state index contributed by atoms with van der Waals surface area (Å²) in [5.41, 5.74) is 8.01. The van der Waals surface area contributed by atoms with E-state index in [0.29, 0.717) is 17.4 Å². The minimum atomic E-state index is -0.0821. The van der Waals surface area contributed by atoms with Gasteiger partial charge in [-0.05, 0) is 74.6 Å². The van der Waals surface area contributed by atoms with Gasteiger partial charge < -0.3 is 15.5 Å². The Kier molecular flexibility index (Phi) is 2.59. The minimum Gasteiger partial charge on any atom is -0.464 e. The predicted molar refractivity (Wildman–Crippen MR) is 88.0 cm³/mol. The zero-order valence-electron chi connectivity index (χ0n) is 13.2. The van der Waals surface area contributed by atoms with Crippen molar-refractivity contribution in [1.82, 2.24) is 5.32 Å². The Labute approximate surface area is 135 Å². The lowest BCUT2D eigenvalue weighted by Crippen LogP contribution is -2.68. The second kappa shape index (κ2) is 4.38. The van der Waals surface area contributed by atoms with E-state index in [1.807, 2.05) is 24.3 Å². The molecule has 4 bridgehead atoms. The number of hydrogen-bond donors (Lipinski definition) is 2. The van der Waals surface area contributed by atoms with Gasteiger partial charge in [0.25, 0.3) is 5.91 Å². The number of nitrogens with one attached hydrogen (secondary N) is 1. The number of fused-ring (bicyclic) bond motifs is 1. The molecule has 23 heavy (non-hydrogen) atoms. The lowest BCUT2D eigenvalue weighted by molar-refractivity contribution is -0.0320. The number of carbonyl (C=O) groups is 1. The van der Waals surface area contributed by atoms with Gasteiger partial charge in [0, 0.05) is 22.0 Å². The summed E-state index contributed by atoms with van der Waals surface area (Å²) in [6, 6.07) is 7.52. The number of amides is 1. The van der Waals surface area contributed by atoms with Gasteiger partial charge in [0.05, 0.1) is 6.26 Å². The van der Waals surface area contributed by atoms with Crippen LogP contribution in [0.5, 0.6) is 0 Å². The van der Waals surface area contributed by atoms with Gasteiger partial charge in [0.1, 0.15) is 5.58 Å². The zero-order chi connectivity index (χ0) is 15.7. The third-order valence-electron chi connectivity index (χ3n) is 6.20. The van der Waals surface area contributed by atoms with Gasteiger partial charge in [0.2, 0.25) is 0 Å². The standard InChI is InChI=1S/C19H22N2O2/c20-18-7-12-5-13(8-18)10-19(9-12,11-18)21-17(22)15-1-2-16-14(6-15)3-4-23-16/h1-4,6,12-13H,5,7-11,20H2,(H,21,22). The molecule has 4 saturated carbocycles. The number of nitrogens with two attached hydrogens (primary N) is 1. The first kappa shape index (κ1) is 13.6. The molecule has 3 N–H and O–H groups in total. The Balaban J connectivity index is 1.43. The highest BCUT2D eigenvalue weighted by Gasteiger charge is 2.56. The molecule has 1 amide bonds. The number of benzene rings is 1. The summed E-state index contributed by atoms with van der Waals surface area (Å²) in [6.07, 6.45) is 8.38. The van der Waals surface area contributed by atoms with Crippen LogP contribution in [0.2, 0.25) is 0 Å². The molecule has 120 valence electrons. The molecule has 4 aliphatic rings. The molecule has 4 aliphatic carbocycles. The lowest BCUT2D eigenvalue weighted by Gasteiger charge is -2.61. The fourth-order valence-corrected chi connectivity index (χ4v) is 5.90. The van der Waals surface area contributed by atoms with Crippen LogP contribution in [0.1, 0.15) is 48.9 Å². The van der Waals surface area contributed by atoms with Crippen LogP contribution in [-0.4, -0.2) is 17.0 Å². The quantitative estimate of drug-likeness (QED) is 0.895. The van der Waals surface area contributed by atoms with E-state index in [0.717, 1.165) is 43.1 Å². The smallest absolute Gasteiger partial charge is 0.251 e. The number of furan rings is 1. The van der Waals surface area contributed by atoms with E-state index in [1.165, 1.54) is 6.42 Å². The normalized spacial score (nSPS) is 38.1. The molecule has 0 saturated heterocycles. The first-order valence-corrected chi connectivity index (χ1v) is 8.61. The maximum atomic E-state index is 12.8. The monoisotopic (exact) mass is 310 g/mol. The molecule has 0 spiro atoms. The van der Waals surface area contributed by atoms with Crippen LogP contribution in [0.4, 0.5) is 0 Å². The summed E-state index contributed by atoms with van der Waals surface area (Å²) in [5.74, 6) is 1.41. The molecule has 2 unspecified atom stereocenters. The van der Waals surface area contributed by atoms with Crippen molar-refractivity contribution in [3.8, 4) is 0 Å². The zero-order valence-corrected chi connectivity index (χ0v) is 13.2. The Morgan fingerprint density at radius 2 is 1.96 bits per heavy atom. The van der Waals surface area contributed by atoms with Crippen molar-refractivity contribution in [3.63, 3.8) is 0 Å². The topological polar surface area (TPSA) is 68.3 Å². The molecule has 2 atom stereocenters. The summed E-state index contributed by atoms with van der Waals surface area (Å²) in [5, 5.41) is 4.34. The summed E-state index contributed by atoms with van der Waals surface area (Å²) in [6.45, 7) is 0. The SMILES string of the molecule is NC12CC3CC(C1)CC(NC(=O)c1ccc4occc4c1)(C3)C2. The maximum Gasteiger partial charge on any atom is 0.251 e. The minimum absolute atomic E-state index is 0.0265. The highest BCUT2D eigenvalue weighted by molar-refractivity contribution is 5.98. The predicted octanol–water partition coefficient (Wildman–Crippen LogP) is 3.21. The Bertz CT molecular complexity index is 780. The fourth-order valence-electron chi connectivity index (χ4n) is 5.90. The van der Waals surface area contributed by atoms with Gasteiger partial charge >= 0.3 is 0 Å². The van der Waals surface area contributed by atoms with E-state index in [4.69, 9.17) is 10.2 Å². The third kappa shape index (κ3) is 2.12. The van der Waals surface area contributed by atoms with Gasteiger partial charge in [0.15, 0.2) is 0 Å². The molecule has 1 aromatic carbocycles. The Morgan fingerprint density at radius 1 is 1.17 bits per heavy atom. The van der Waals surface area contributed by atoms with Crippen LogP contribution in [0.25, 0.3) is 11.0 Å². The largest absolute Gasteiger partial charge is 0.464 e. The number of rotatable bonds is 2. The molecule has 0 radical (unpaired) electrons. The molecule has 1 aromatic heterocycles. The first-order valence-electron chi connectivity index (χ1n) is 8.61. The molecule has 0 aliphatic heterocycles. The van der Waals surface area contributed by atoms with E-state index < -0.39 is 0 Å². The van der Waals surface area contributed by atoms with Crippen LogP contribution in [0.3, 0.4) is 0 Å². The van der Waals surface area contributed by atoms with Gasteiger partial charge in [-0.3, -0.25) is 4.79 Å². The lowest BCUT2D eigenvalue weighted by atomic mass is 9.50. The van der Waals surface area contributed by atoms with Crippen LogP contribution in [0.15, 0.2) is 34.9 Å². The van der Waals surface area contributed by atoms with Crippen LogP contribution < -0.4 is 11.1 Å². The molecule has 6 rings (SSSR count). The highest BCUT2D eigenvalue weighted by atomic mass is 16.3. The molecular formula is C19H22N2O2. The number of carbonyl (C=O) groups excluding carboxylic acids is 1. The molecule has 4 fully saturated rings. The van der Waals surface area contributed by atoms with Crippen molar-refractivity contribution >= 4 is 16.9 Å². The second-order valence-corrected chi connectivity index (χ2v) is 8.23. The molecule has 4 heteroatoms. The second-order valence-electron chi connectivity index (χ2n) is 8.23. The van der Waals surface area contributed by atoms with Crippen molar-refractivity contribution in [2.75, 3.05) is 0 Å². The molecular weight excluding hydrogens is 288 g/mol. The van der Waals surface area contributed by atoms with Gasteiger partial charge in [-0.15, -0.1) is 0 Å². The average Bonchev–Trinajstić information content (AvgIpc) is 2.91. The van der Waals surface area contributed by atoms with Crippen molar-refractivity contribution in [3.05, 3.63) is 36.1 Å². The highest BCUT2D eigenvalue weighted by Crippen LogP contribution is 2.56. The van der Waals surface area contributed by atoms with Gasteiger partial charge in [-0.1, -0.05) is 0 Å². The maximum absolute atomic E-state index is 12.8. The molecule has 1 heterocycles. The summed E-state index contributed by atoms with van der Waals surface area (Å²) in [4.78, 5) is 12.8. The van der Waals surface area contributed by atoms with E-state index in [-0.39, 0.29) is 17.0 Å². The van der Waals surface area contributed by atoms with Crippen molar-refractivity contribution in [1.29, 1.82) is 0 Å². The summed E-state index contributed by atoms with van der Waals surface area (Å²) < 4.78 is 5.35. The van der Waals surface area contributed by atoms with Crippen molar-refractivity contribution in [2.45, 2.75) is 49.6 Å². The van der Waals surface area contributed by atoms with E-state index in [2.05, 4.69) is 5.32 Å². The van der Waals surface area contributed by atoms with Gasteiger partial charge in [-0.2, -0.15) is 0 Å². The summed E-state index contributed by atoms with van der Waals surface area (Å²) in [7, 11) is 0. The van der Waals surface area contributed by atoms with E-state index in [9.17, 15) is 4.79 Å². The van der Waals surface area contributed by atoms with Crippen LogP contribution in [-0.2, 0) is 0 Å². The number of hydrogen-bond acceptors (Lipinski definition) is 3. The third-order valence-corrected chi connectivity index (χ3v) is 6.20. The fraction of sp³-hybridized carbons (Fsp3) is 0.526. The first-order chi connectivity index (χ1) is 11.0. The van der Waals surface area contributed by atoms with E-state index >= 15 is 0 Å². The average molecular weight is 310 g/mol. The van der Waals surface area contributed by atoms with Crippen LogP contribution >= 0.6 is 0 Å². The van der Waals surface area contributed by atoms with Crippen molar-refractivity contribution < 1.29 is 9.21 Å². The summed E-state index contributed by atoms with van der Waals surface area (Å²) >= 11 is 0. The molecule has 4 nitrogen and oxygen atoms in total. The Morgan fingerprint density at radius 3 is 2.70 bits per heavy atom. The van der Waals surface area contributed by atoms with Crippen LogP contribution in [0, 0.1) is 11.8 Å². The Hall–Kier alpha value is -1.81. The van der Waals surface area contributed by atoms with E-state index in [1.54, 1.807) is 6.26 Å². The van der Waals surface area contributed by atoms with Crippen molar-refractivity contribution in [2.24, 2.45) is 17.6 Å². The van der Waals surface area contributed by atoms with Gasteiger partial charge in [-0.25, -0.2) is 0 Å². The molecule has 2 aromatic rings.